The summed E-state index contributed by atoms with van der Waals surface area (Å²) in [6, 6.07) is 24.0. The van der Waals surface area contributed by atoms with Crippen molar-refractivity contribution in [2.75, 3.05) is 20.3 Å². The van der Waals surface area contributed by atoms with Crippen molar-refractivity contribution in [3.05, 3.63) is 84.6 Å². The maximum absolute atomic E-state index is 11.1. The summed E-state index contributed by atoms with van der Waals surface area (Å²) in [5, 5.41) is 10.3. The molecule has 0 radical (unpaired) electrons. The van der Waals surface area contributed by atoms with Crippen LogP contribution < -0.4 is 9.47 Å². The van der Waals surface area contributed by atoms with E-state index in [1.165, 1.54) is 18.1 Å². The molecular formula is C27H27NO5. The van der Waals surface area contributed by atoms with Crippen molar-refractivity contribution in [1.29, 1.82) is 0 Å². The predicted molar refractivity (Wildman–Crippen MR) is 128 cm³/mol. The average molecular weight is 446 g/mol. The molecule has 33 heavy (non-hydrogen) atoms. The van der Waals surface area contributed by atoms with Gasteiger partial charge in [-0.05, 0) is 64.5 Å². The lowest BCUT2D eigenvalue weighted by molar-refractivity contribution is -0.148. The molecule has 6 heteroatoms. The summed E-state index contributed by atoms with van der Waals surface area (Å²) < 4.78 is 16.6. The fourth-order valence-electron chi connectivity index (χ4n) is 3.62. The quantitative estimate of drug-likeness (QED) is 0.305. The summed E-state index contributed by atoms with van der Waals surface area (Å²) in [4.78, 5) is 14.3. The van der Waals surface area contributed by atoms with Crippen LogP contribution in [-0.2, 0) is 16.0 Å². The Morgan fingerprint density at radius 1 is 0.879 bits per heavy atom. The van der Waals surface area contributed by atoms with Gasteiger partial charge in [-0.2, -0.15) is 0 Å². The smallest absolute Gasteiger partial charge is 0.333 e. The number of rotatable bonds is 11. The zero-order valence-electron chi connectivity index (χ0n) is 18.5. The molecule has 0 spiro atoms. The molecule has 1 atom stereocenters. The van der Waals surface area contributed by atoms with E-state index in [4.69, 9.17) is 19.3 Å². The number of hydrogen-bond acceptors (Lipinski definition) is 4. The van der Waals surface area contributed by atoms with Crippen molar-refractivity contribution in [3.63, 3.8) is 0 Å². The fraction of sp³-hybridized carbons (Fsp3) is 0.222. The number of benzene rings is 3. The second-order valence-corrected chi connectivity index (χ2v) is 7.77. The van der Waals surface area contributed by atoms with E-state index in [2.05, 4.69) is 41.4 Å². The second kappa shape index (κ2) is 10.7. The SMILES string of the molecule is CO[C@@H](Cc1ccc(OCCCOc2ccc(-c3ccc4[nH]ccc4c3)cc2)cc1)C(=O)O. The highest BCUT2D eigenvalue weighted by Gasteiger charge is 2.16. The Labute approximate surface area is 192 Å². The van der Waals surface area contributed by atoms with Crippen molar-refractivity contribution >= 4 is 16.9 Å². The summed E-state index contributed by atoms with van der Waals surface area (Å²) in [6.07, 6.45) is 2.17. The van der Waals surface area contributed by atoms with E-state index in [-0.39, 0.29) is 0 Å². The first-order valence-electron chi connectivity index (χ1n) is 10.9. The Morgan fingerprint density at radius 2 is 1.52 bits per heavy atom. The average Bonchev–Trinajstić information content (AvgIpc) is 3.31. The third-order valence-corrected chi connectivity index (χ3v) is 5.47. The number of fused-ring (bicyclic) bond motifs is 1. The molecule has 3 aromatic carbocycles. The van der Waals surface area contributed by atoms with Crippen LogP contribution in [-0.4, -0.2) is 42.5 Å². The molecule has 0 saturated carbocycles. The normalized spacial score (nSPS) is 11.9. The van der Waals surface area contributed by atoms with Gasteiger partial charge in [0.15, 0.2) is 6.10 Å². The molecule has 170 valence electrons. The van der Waals surface area contributed by atoms with Crippen LogP contribution in [0.3, 0.4) is 0 Å². The van der Waals surface area contributed by atoms with Crippen LogP contribution in [0.5, 0.6) is 11.5 Å². The molecule has 0 aliphatic heterocycles. The van der Waals surface area contributed by atoms with Crippen molar-refractivity contribution < 1.29 is 24.1 Å². The van der Waals surface area contributed by atoms with Crippen LogP contribution in [0, 0.1) is 0 Å². The lowest BCUT2D eigenvalue weighted by Crippen LogP contribution is -2.24. The first-order valence-corrected chi connectivity index (χ1v) is 10.9. The molecule has 0 fully saturated rings. The number of aromatic nitrogens is 1. The van der Waals surface area contributed by atoms with Gasteiger partial charge in [0.1, 0.15) is 11.5 Å². The lowest BCUT2D eigenvalue weighted by atomic mass is 10.0. The molecule has 0 aliphatic rings. The molecular weight excluding hydrogens is 418 g/mol. The Hall–Kier alpha value is -3.77. The third kappa shape index (κ3) is 5.93. The van der Waals surface area contributed by atoms with Gasteiger partial charge >= 0.3 is 5.97 Å². The van der Waals surface area contributed by atoms with E-state index in [0.717, 1.165) is 34.6 Å². The molecule has 0 saturated heterocycles. The highest BCUT2D eigenvalue weighted by atomic mass is 16.5. The number of methoxy groups -OCH3 is 1. The topological polar surface area (TPSA) is 80.8 Å². The van der Waals surface area contributed by atoms with E-state index in [1.807, 2.05) is 42.6 Å². The second-order valence-electron chi connectivity index (χ2n) is 7.77. The summed E-state index contributed by atoms with van der Waals surface area (Å²) in [6.45, 7) is 1.09. The lowest BCUT2D eigenvalue weighted by Gasteiger charge is -2.11. The molecule has 1 aromatic heterocycles. The molecule has 6 nitrogen and oxygen atoms in total. The number of carboxylic acid groups (broad SMARTS) is 1. The van der Waals surface area contributed by atoms with Gasteiger partial charge in [0.25, 0.3) is 0 Å². The molecule has 4 aromatic rings. The summed E-state index contributed by atoms with van der Waals surface area (Å²) in [7, 11) is 1.40. The summed E-state index contributed by atoms with van der Waals surface area (Å²) in [5.41, 5.74) is 4.34. The van der Waals surface area contributed by atoms with Gasteiger partial charge in [-0.1, -0.05) is 30.3 Å². The van der Waals surface area contributed by atoms with Crippen LogP contribution in [0.15, 0.2) is 79.0 Å². The van der Waals surface area contributed by atoms with E-state index in [0.29, 0.717) is 19.6 Å². The minimum Gasteiger partial charge on any atom is -0.493 e. The predicted octanol–water partition coefficient (Wildman–Crippen LogP) is 5.32. The molecule has 0 unspecified atom stereocenters. The number of carboxylic acids is 1. The van der Waals surface area contributed by atoms with E-state index in [9.17, 15) is 4.79 Å². The number of hydrogen-bond donors (Lipinski definition) is 2. The Bertz CT molecular complexity index is 1180. The summed E-state index contributed by atoms with van der Waals surface area (Å²) >= 11 is 0. The van der Waals surface area contributed by atoms with Crippen molar-refractivity contribution in [2.24, 2.45) is 0 Å². The number of aliphatic carboxylic acids is 1. The largest absolute Gasteiger partial charge is 0.493 e. The molecule has 1 heterocycles. The monoisotopic (exact) mass is 445 g/mol. The number of carbonyl (C=O) groups is 1. The summed E-state index contributed by atoms with van der Waals surface area (Å²) in [5.74, 6) is 0.606. The van der Waals surface area contributed by atoms with Crippen molar-refractivity contribution in [3.8, 4) is 22.6 Å². The zero-order chi connectivity index (χ0) is 23.0. The molecule has 4 rings (SSSR count). The third-order valence-electron chi connectivity index (χ3n) is 5.47. The van der Waals surface area contributed by atoms with Gasteiger partial charge in [-0.3, -0.25) is 0 Å². The van der Waals surface area contributed by atoms with Crippen molar-refractivity contribution in [1.82, 2.24) is 4.98 Å². The Morgan fingerprint density at radius 3 is 2.15 bits per heavy atom. The van der Waals surface area contributed by atoms with E-state index < -0.39 is 12.1 Å². The highest BCUT2D eigenvalue weighted by molar-refractivity contribution is 5.85. The van der Waals surface area contributed by atoms with Gasteiger partial charge in [-0.25, -0.2) is 4.79 Å². The van der Waals surface area contributed by atoms with Gasteiger partial charge in [0, 0.05) is 31.7 Å². The number of H-pyrrole nitrogens is 1. The van der Waals surface area contributed by atoms with Crippen LogP contribution in [0.1, 0.15) is 12.0 Å². The minimum absolute atomic E-state index is 0.319. The highest BCUT2D eigenvalue weighted by Crippen LogP contribution is 2.26. The van der Waals surface area contributed by atoms with Gasteiger partial charge in [-0.15, -0.1) is 0 Å². The zero-order valence-corrected chi connectivity index (χ0v) is 18.5. The Balaban J connectivity index is 1.20. The van der Waals surface area contributed by atoms with E-state index >= 15 is 0 Å². The number of ether oxygens (including phenoxy) is 3. The number of nitrogens with one attached hydrogen (secondary N) is 1. The maximum Gasteiger partial charge on any atom is 0.333 e. The number of aromatic amines is 1. The van der Waals surface area contributed by atoms with Gasteiger partial charge < -0.3 is 24.3 Å². The maximum atomic E-state index is 11.1. The molecule has 0 aliphatic carbocycles. The Kier molecular flexibility index (Phi) is 7.27. The van der Waals surface area contributed by atoms with Crippen molar-refractivity contribution in [2.45, 2.75) is 18.9 Å². The fourth-order valence-corrected chi connectivity index (χ4v) is 3.62. The van der Waals surface area contributed by atoms with Crippen LogP contribution >= 0.6 is 0 Å². The van der Waals surface area contributed by atoms with E-state index in [1.54, 1.807) is 0 Å². The van der Waals surface area contributed by atoms with Gasteiger partial charge in [0.2, 0.25) is 0 Å². The minimum atomic E-state index is -0.967. The molecule has 0 amide bonds. The standard InChI is InChI=1S/C27H27NO5/c1-31-26(27(29)30)17-19-3-8-23(9-4-19)32-15-2-16-33-24-10-5-20(6-11-24)21-7-12-25-22(18-21)13-14-28-25/h3-14,18,26,28H,2,15-17H2,1H3,(H,29,30)/t26-/m0/s1. The van der Waals surface area contributed by atoms with Crippen LogP contribution in [0.2, 0.25) is 0 Å². The first-order chi connectivity index (χ1) is 16.1. The first kappa shape index (κ1) is 22.4. The van der Waals surface area contributed by atoms with Crippen LogP contribution in [0.25, 0.3) is 22.0 Å². The van der Waals surface area contributed by atoms with Gasteiger partial charge in [0.05, 0.1) is 13.2 Å². The molecule has 2 N–H and O–H groups in total. The van der Waals surface area contributed by atoms with Crippen LogP contribution in [0.4, 0.5) is 0 Å². The molecule has 0 bridgehead atoms.